The van der Waals surface area contributed by atoms with Gasteiger partial charge >= 0.3 is 0 Å². The molecule has 1 heterocycles. The monoisotopic (exact) mass is 321 g/mol. The second-order valence-corrected chi connectivity index (χ2v) is 6.55. The first kappa shape index (κ1) is 15.1. The molecule has 0 aromatic heterocycles. The van der Waals surface area contributed by atoms with E-state index in [0.29, 0.717) is 17.5 Å². The van der Waals surface area contributed by atoms with Crippen molar-refractivity contribution in [2.24, 2.45) is 4.99 Å². The van der Waals surface area contributed by atoms with Crippen LogP contribution < -0.4 is 4.74 Å². The van der Waals surface area contributed by atoms with Crippen molar-refractivity contribution >= 4 is 28.3 Å². The third-order valence-corrected chi connectivity index (χ3v) is 5.14. The van der Waals surface area contributed by atoms with Crippen molar-refractivity contribution in [3.05, 3.63) is 28.3 Å². The van der Waals surface area contributed by atoms with Gasteiger partial charge in [-0.3, -0.25) is 10.1 Å². The summed E-state index contributed by atoms with van der Waals surface area (Å²) in [6.45, 7) is 1.03. The summed E-state index contributed by atoms with van der Waals surface area (Å²) < 4.78 is 5.27. The van der Waals surface area contributed by atoms with E-state index in [9.17, 15) is 10.1 Å². The van der Waals surface area contributed by atoms with Crippen LogP contribution in [-0.2, 0) is 0 Å². The van der Waals surface area contributed by atoms with Crippen molar-refractivity contribution in [1.29, 1.82) is 0 Å². The molecular formula is C15H19N3O3S. The number of benzene rings is 1. The number of hydrogen-bond donors (Lipinski definition) is 0. The molecule has 2 aliphatic rings. The van der Waals surface area contributed by atoms with E-state index in [4.69, 9.17) is 9.73 Å². The van der Waals surface area contributed by atoms with Crippen LogP contribution in [0.3, 0.4) is 0 Å². The average molecular weight is 321 g/mol. The summed E-state index contributed by atoms with van der Waals surface area (Å²) in [6.07, 6.45) is 5.05. The van der Waals surface area contributed by atoms with Crippen LogP contribution in [0.25, 0.3) is 0 Å². The van der Waals surface area contributed by atoms with Crippen LogP contribution in [-0.4, -0.2) is 40.4 Å². The van der Waals surface area contributed by atoms with Gasteiger partial charge < -0.3 is 9.64 Å². The molecule has 1 aliphatic heterocycles. The molecule has 0 amide bonds. The Morgan fingerprint density at radius 2 is 2.18 bits per heavy atom. The van der Waals surface area contributed by atoms with E-state index in [0.717, 1.165) is 17.5 Å². The molecule has 1 saturated heterocycles. The van der Waals surface area contributed by atoms with Crippen molar-refractivity contribution in [2.45, 2.75) is 31.7 Å². The molecule has 0 spiro atoms. The van der Waals surface area contributed by atoms with Gasteiger partial charge in [-0.2, -0.15) is 0 Å². The van der Waals surface area contributed by atoms with Crippen LogP contribution in [0.5, 0.6) is 5.75 Å². The van der Waals surface area contributed by atoms with Gasteiger partial charge in [-0.1, -0.05) is 24.6 Å². The normalized spacial score (nSPS) is 20.8. The highest BCUT2D eigenvalue weighted by Crippen LogP contribution is 2.35. The van der Waals surface area contributed by atoms with Gasteiger partial charge in [0.2, 0.25) is 0 Å². The first-order valence-corrected chi connectivity index (χ1v) is 8.48. The van der Waals surface area contributed by atoms with Crippen molar-refractivity contribution in [1.82, 2.24) is 4.90 Å². The van der Waals surface area contributed by atoms with Gasteiger partial charge in [0.1, 0.15) is 5.69 Å². The topological polar surface area (TPSA) is 68.0 Å². The van der Waals surface area contributed by atoms with Gasteiger partial charge in [-0.25, -0.2) is 4.99 Å². The van der Waals surface area contributed by atoms with Crippen molar-refractivity contribution in [2.75, 3.05) is 19.4 Å². The smallest absolute Gasteiger partial charge is 0.273 e. The first-order chi connectivity index (χ1) is 10.7. The molecule has 2 fully saturated rings. The second kappa shape index (κ2) is 6.56. The molecule has 6 nitrogen and oxygen atoms in total. The summed E-state index contributed by atoms with van der Waals surface area (Å²) in [6, 6.07) is 5.16. The largest absolute Gasteiger partial charge is 0.494 e. The van der Waals surface area contributed by atoms with E-state index in [2.05, 4.69) is 4.90 Å². The summed E-state index contributed by atoms with van der Waals surface area (Å²) >= 11 is 1.75. The molecule has 0 bridgehead atoms. The quantitative estimate of drug-likeness (QED) is 0.626. The highest BCUT2D eigenvalue weighted by molar-refractivity contribution is 8.14. The fourth-order valence-corrected chi connectivity index (χ4v) is 4.08. The Balaban J connectivity index is 1.88. The number of non-ortho nitro benzene ring substituents is 1. The van der Waals surface area contributed by atoms with Gasteiger partial charge in [0.05, 0.1) is 18.1 Å². The molecular weight excluding hydrogens is 302 g/mol. The number of amidine groups is 1. The van der Waals surface area contributed by atoms with Crippen LogP contribution >= 0.6 is 11.8 Å². The minimum absolute atomic E-state index is 0.0209. The lowest BCUT2D eigenvalue weighted by Crippen LogP contribution is -2.33. The van der Waals surface area contributed by atoms with Crippen LogP contribution in [0.4, 0.5) is 11.4 Å². The number of nitrogens with zero attached hydrogens (tertiary/aromatic N) is 3. The molecule has 1 saturated carbocycles. The Labute approximate surface area is 133 Å². The highest BCUT2D eigenvalue weighted by atomic mass is 32.2. The Morgan fingerprint density at radius 3 is 2.86 bits per heavy atom. The molecule has 0 atom stereocenters. The standard InChI is InChI=1S/C15H19N3O3S/c1-21-14-10-12(18(19)20)6-7-13(14)16-15-17(8-9-22-15)11-4-2-3-5-11/h6-7,10-11H,2-5,8-9H2,1H3/b16-15-. The molecule has 1 aliphatic carbocycles. The lowest BCUT2D eigenvalue weighted by molar-refractivity contribution is -0.384. The van der Waals surface area contributed by atoms with E-state index in [1.165, 1.54) is 44.9 Å². The lowest BCUT2D eigenvalue weighted by atomic mass is 10.2. The van der Waals surface area contributed by atoms with Gasteiger partial charge in [-0.05, 0) is 18.9 Å². The maximum Gasteiger partial charge on any atom is 0.273 e. The molecule has 0 unspecified atom stereocenters. The number of nitro benzene ring substituents is 1. The summed E-state index contributed by atoms with van der Waals surface area (Å²) in [5.74, 6) is 1.49. The van der Waals surface area contributed by atoms with Crippen LogP contribution in [0, 0.1) is 10.1 Å². The molecule has 1 aromatic rings. The van der Waals surface area contributed by atoms with Crippen LogP contribution in [0.2, 0.25) is 0 Å². The minimum atomic E-state index is -0.422. The first-order valence-electron chi connectivity index (χ1n) is 7.49. The Bertz CT molecular complexity index is 600. The second-order valence-electron chi connectivity index (χ2n) is 5.49. The van der Waals surface area contributed by atoms with Gasteiger partial charge in [0, 0.05) is 24.4 Å². The number of nitro groups is 1. The third-order valence-electron chi connectivity index (χ3n) is 4.16. The van der Waals surface area contributed by atoms with Crippen molar-refractivity contribution in [3.63, 3.8) is 0 Å². The van der Waals surface area contributed by atoms with Crippen molar-refractivity contribution < 1.29 is 9.66 Å². The molecule has 22 heavy (non-hydrogen) atoms. The lowest BCUT2D eigenvalue weighted by Gasteiger charge is -2.25. The average Bonchev–Trinajstić information content (AvgIpc) is 3.18. The molecule has 118 valence electrons. The molecule has 0 radical (unpaired) electrons. The fraction of sp³-hybridized carbons (Fsp3) is 0.533. The predicted octanol–water partition coefficient (Wildman–Crippen LogP) is 3.58. The summed E-state index contributed by atoms with van der Waals surface area (Å²) in [5, 5.41) is 11.9. The summed E-state index contributed by atoms with van der Waals surface area (Å²) in [7, 11) is 1.51. The maximum absolute atomic E-state index is 10.9. The number of ether oxygens (including phenoxy) is 1. The maximum atomic E-state index is 10.9. The minimum Gasteiger partial charge on any atom is -0.494 e. The number of thioether (sulfide) groups is 1. The zero-order valence-corrected chi connectivity index (χ0v) is 13.3. The van der Waals surface area contributed by atoms with Gasteiger partial charge in [0.25, 0.3) is 5.69 Å². The zero-order valence-electron chi connectivity index (χ0n) is 12.5. The van der Waals surface area contributed by atoms with Crippen molar-refractivity contribution in [3.8, 4) is 5.75 Å². The number of methoxy groups -OCH3 is 1. The van der Waals surface area contributed by atoms with Gasteiger partial charge in [-0.15, -0.1) is 0 Å². The van der Waals surface area contributed by atoms with E-state index >= 15 is 0 Å². The zero-order chi connectivity index (χ0) is 15.5. The summed E-state index contributed by atoms with van der Waals surface area (Å²) in [4.78, 5) is 17.5. The van der Waals surface area contributed by atoms with Crippen LogP contribution in [0.15, 0.2) is 23.2 Å². The SMILES string of the molecule is COc1cc([N+](=O)[O-])ccc1/N=C1\SCCN1C1CCCC1. The third kappa shape index (κ3) is 3.04. The fourth-order valence-electron chi connectivity index (χ4n) is 3.04. The highest BCUT2D eigenvalue weighted by Gasteiger charge is 2.29. The number of hydrogen-bond acceptors (Lipinski definition) is 5. The van der Waals surface area contributed by atoms with E-state index in [1.54, 1.807) is 17.8 Å². The molecule has 0 N–H and O–H groups in total. The number of rotatable bonds is 4. The Morgan fingerprint density at radius 1 is 1.41 bits per heavy atom. The molecule has 7 heteroatoms. The molecule has 3 rings (SSSR count). The predicted molar refractivity (Wildman–Crippen MR) is 88.2 cm³/mol. The Kier molecular flexibility index (Phi) is 4.52. The van der Waals surface area contributed by atoms with E-state index in [1.807, 2.05) is 0 Å². The van der Waals surface area contributed by atoms with Crippen LogP contribution in [0.1, 0.15) is 25.7 Å². The molecule has 1 aromatic carbocycles. The summed E-state index contributed by atoms with van der Waals surface area (Å²) in [5.41, 5.74) is 0.674. The van der Waals surface area contributed by atoms with E-state index in [-0.39, 0.29) is 5.69 Å². The van der Waals surface area contributed by atoms with E-state index < -0.39 is 4.92 Å². The van der Waals surface area contributed by atoms with Gasteiger partial charge in [0.15, 0.2) is 10.9 Å². The Hall–Kier alpha value is -1.76. The number of aliphatic imine (C=N–C) groups is 1.